The summed E-state index contributed by atoms with van der Waals surface area (Å²) < 4.78 is 5.37. The molecule has 0 aromatic heterocycles. The normalized spacial score (nSPS) is 15.0. The number of benzene rings is 2. The number of nitrogens with zero attached hydrogens (tertiary/aromatic N) is 2. The van der Waals surface area contributed by atoms with Crippen molar-refractivity contribution in [2.24, 2.45) is 0 Å². The molecular weight excluding hydrogens is 362 g/mol. The van der Waals surface area contributed by atoms with Gasteiger partial charge in [-0.1, -0.05) is 60.7 Å². The van der Waals surface area contributed by atoms with Gasteiger partial charge < -0.3 is 15.0 Å². The van der Waals surface area contributed by atoms with Crippen molar-refractivity contribution in [3.63, 3.8) is 0 Å². The minimum Gasteiger partial charge on any atom is -0.496 e. The van der Waals surface area contributed by atoms with Crippen molar-refractivity contribution in [3.05, 3.63) is 71.8 Å². The number of para-hydroxylation sites is 1. The van der Waals surface area contributed by atoms with E-state index in [1.54, 1.807) is 7.11 Å². The van der Waals surface area contributed by atoms with Crippen LogP contribution in [0, 0.1) is 0 Å². The lowest BCUT2D eigenvalue weighted by molar-refractivity contribution is -0.131. The largest absolute Gasteiger partial charge is 0.496 e. The Hall–Kier alpha value is -2.63. The van der Waals surface area contributed by atoms with E-state index in [0.29, 0.717) is 6.54 Å². The Morgan fingerprint density at radius 3 is 2.52 bits per heavy atom. The zero-order valence-corrected chi connectivity index (χ0v) is 17.2. The van der Waals surface area contributed by atoms with Crippen molar-refractivity contribution < 1.29 is 9.53 Å². The Labute approximate surface area is 174 Å². The van der Waals surface area contributed by atoms with Crippen molar-refractivity contribution in [2.75, 3.05) is 52.9 Å². The first-order valence-electron chi connectivity index (χ1n) is 10.3. The number of amides is 1. The first kappa shape index (κ1) is 21.1. The molecule has 1 fully saturated rings. The maximum absolute atomic E-state index is 12.4. The van der Waals surface area contributed by atoms with Gasteiger partial charge in [0.1, 0.15) is 5.75 Å². The number of ether oxygens (including phenoxy) is 1. The quantitative estimate of drug-likeness (QED) is 0.666. The third-order valence-electron chi connectivity index (χ3n) is 5.24. The summed E-state index contributed by atoms with van der Waals surface area (Å²) in [6.07, 6.45) is 5.20. The van der Waals surface area contributed by atoms with E-state index in [1.165, 1.54) is 5.56 Å². The van der Waals surface area contributed by atoms with Crippen molar-refractivity contribution in [3.8, 4) is 5.75 Å². The van der Waals surface area contributed by atoms with Crippen LogP contribution in [0.5, 0.6) is 5.75 Å². The van der Waals surface area contributed by atoms with Crippen LogP contribution in [-0.2, 0) is 11.2 Å². The molecule has 0 atom stereocenters. The van der Waals surface area contributed by atoms with Gasteiger partial charge in [-0.3, -0.25) is 9.69 Å². The molecule has 5 nitrogen and oxygen atoms in total. The van der Waals surface area contributed by atoms with Gasteiger partial charge in [0.15, 0.2) is 0 Å². The SMILES string of the molecule is COc1ccccc1CCNCC(=O)N1CCN(C/C=C/c2ccccc2)CC1. The molecule has 0 bridgehead atoms. The predicted molar refractivity (Wildman–Crippen MR) is 118 cm³/mol. The van der Waals surface area contributed by atoms with E-state index in [0.717, 1.165) is 57.0 Å². The van der Waals surface area contributed by atoms with Crippen LogP contribution in [0.3, 0.4) is 0 Å². The summed E-state index contributed by atoms with van der Waals surface area (Å²) in [7, 11) is 1.69. The molecule has 0 saturated carbocycles. The number of carbonyl (C=O) groups is 1. The molecule has 1 amide bonds. The van der Waals surface area contributed by atoms with Crippen LogP contribution >= 0.6 is 0 Å². The molecule has 5 heteroatoms. The highest BCUT2D eigenvalue weighted by Gasteiger charge is 2.19. The number of piperazine rings is 1. The Morgan fingerprint density at radius 1 is 1.03 bits per heavy atom. The van der Waals surface area contributed by atoms with Crippen molar-refractivity contribution >= 4 is 12.0 Å². The van der Waals surface area contributed by atoms with Gasteiger partial charge in [-0.05, 0) is 30.2 Å². The molecule has 29 heavy (non-hydrogen) atoms. The number of hydrogen-bond donors (Lipinski definition) is 1. The van der Waals surface area contributed by atoms with Gasteiger partial charge in [0, 0.05) is 32.7 Å². The Morgan fingerprint density at radius 2 is 1.76 bits per heavy atom. The molecule has 0 unspecified atom stereocenters. The van der Waals surface area contributed by atoms with Crippen molar-refractivity contribution in [2.45, 2.75) is 6.42 Å². The maximum atomic E-state index is 12.4. The van der Waals surface area contributed by atoms with Crippen molar-refractivity contribution in [1.82, 2.24) is 15.1 Å². The molecule has 0 radical (unpaired) electrons. The first-order chi connectivity index (χ1) is 14.3. The van der Waals surface area contributed by atoms with E-state index in [-0.39, 0.29) is 5.91 Å². The fourth-order valence-electron chi connectivity index (χ4n) is 3.52. The van der Waals surface area contributed by atoms with Gasteiger partial charge in [-0.15, -0.1) is 0 Å². The minimum absolute atomic E-state index is 0.185. The highest BCUT2D eigenvalue weighted by molar-refractivity contribution is 5.78. The summed E-state index contributed by atoms with van der Waals surface area (Å²) >= 11 is 0. The molecule has 1 saturated heterocycles. The second-order valence-corrected chi connectivity index (χ2v) is 7.23. The van der Waals surface area contributed by atoms with Crippen LogP contribution in [-0.4, -0.2) is 68.6 Å². The van der Waals surface area contributed by atoms with E-state index in [9.17, 15) is 4.79 Å². The summed E-state index contributed by atoms with van der Waals surface area (Å²) in [6.45, 7) is 5.52. The highest BCUT2D eigenvalue weighted by atomic mass is 16.5. The van der Waals surface area contributed by atoms with Gasteiger partial charge in [0.2, 0.25) is 5.91 Å². The molecule has 1 aliphatic heterocycles. The van der Waals surface area contributed by atoms with Crippen LogP contribution in [0.25, 0.3) is 6.08 Å². The predicted octanol–water partition coefficient (Wildman–Crippen LogP) is 2.68. The number of nitrogens with one attached hydrogen (secondary N) is 1. The summed E-state index contributed by atoms with van der Waals surface area (Å²) in [6, 6.07) is 18.3. The Bertz CT molecular complexity index is 784. The monoisotopic (exact) mass is 393 g/mol. The minimum atomic E-state index is 0.185. The fourth-order valence-corrected chi connectivity index (χ4v) is 3.52. The first-order valence-corrected chi connectivity index (χ1v) is 10.3. The zero-order chi connectivity index (χ0) is 20.3. The fraction of sp³-hybridized carbons (Fsp3) is 0.375. The average molecular weight is 394 g/mol. The van der Waals surface area contributed by atoms with Crippen LogP contribution in [0.15, 0.2) is 60.7 Å². The van der Waals surface area contributed by atoms with Crippen LogP contribution < -0.4 is 10.1 Å². The Kier molecular flexibility index (Phi) is 8.28. The average Bonchev–Trinajstić information content (AvgIpc) is 2.78. The maximum Gasteiger partial charge on any atom is 0.236 e. The smallest absolute Gasteiger partial charge is 0.236 e. The molecule has 154 valence electrons. The van der Waals surface area contributed by atoms with Crippen LogP contribution in [0.1, 0.15) is 11.1 Å². The van der Waals surface area contributed by atoms with Gasteiger partial charge in [-0.25, -0.2) is 0 Å². The molecule has 2 aromatic rings. The molecule has 0 aliphatic carbocycles. The third-order valence-corrected chi connectivity index (χ3v) is 5.24. The van der Waals surface area contributed by atoms with Crippen molar-refractivity contribution in [1.29, 1.82) is 0 Å². The van der Waals surface area contributed by atoms with E-state index >= 15 is 0 Å². The van der Waals surface area contributed by atoms with Crippen LogP contribution in [0.4, 0.5) is 0 Å². The summed E-state index contributed by atoms with van der Waals surface area (Å²) in [5.41, 5.74) is 2.38. The molecule has 0 spiro atoms. The van der Waals surface area contributed by atoms with E-state index in [1.807, 2.05) is 29.2 Å². The molecule has 2 aromatic carbocycles. The third kappa shape index (κ3) is 6.73. The van der Waals surface area contributed by atoms with Crippen LogP contribution in [0.2, 0.25) is 0 Å². The molecule has 3 rings (SSSR count). The number of carbonyl (C=O) groups excluding carboxylic acids is 1. The van der Waals surface area contributed by atoms with Gasteiger partial charge in [-0.2, -0.15) is 0 Å². The second kappa shape index (κ2) is 11.4. The zero-order valence-electron chi connectivity index (χ0n) is 17.2. The lowest BCUT2D eigenvalue weighted by Crippen LogP contribution is -2.50. The van der Waals surface area contributed by atoms with E-state index < -0.39 is 0 Å². The van der Waals surface area contributed by atoms with Gasteiger partial charge in [0.25, 0.3) is 0 Å². The lowest BCUT2D eigenvalue weighted by atomic mass is 10.1. The van der Waals surface area contributed by atoms with E-state index in [2.05, 4.69) is 52.7 Å². The molecule has 1 aliphatic rings. The molecule has 1 N–H and O–H groups in total. The highest BCUT2D eigenvalue weighted by Crippen LogP contribution is 2.17. The standard InChI is InChI=1S/C24H31N3O2/c1-29-23-12-6-5-11-22(23)13-14-25-20-24(28)27-18-16-26(17-19-27)15-7-10-21-8-3-2-4-9-21/h2-12,25H,13-20H2,1H3/b10-7+. The van der Waals surface area contributed by atoms with E-state index in [4.69, 9.17) is 4.74 Å². The number of rotatable bonds is 9. The molecule has 1 heterocycles. The summed E-state index contributed by atoms with van der Waals surface area (Å²) in [5.74, 6) is 1.09. The van der Waals surface area contributed by atoms with Gasteiger partial charge >= 0.3 is 0 Å². The topological polar surface area (TPSA) is 44.8 Å². The lowest BCUT2D eigenvalue weighted by Gasteiger charge is -2.34. The molecular formula is C24H31N3O2. The summed E-state index contributed by atoms with van der Waals surface area (Å²) in [4.78, 5) is 16.8. The Balaban J connectivity index is 1.32. The summed E-state index contributed by atoms with van der Waals surface area (Å²) in [5, 5.41) is 3.27. The second-order valence-electron chi connectivity index (χ2n) is 7.23. The number of methoxy groups -OCH3 is 1. The number of hydrogen-bond acceptors (Lipinski definition) is 4. The van der Waals surface area contributed by atoms with Gasteiger partial charge in [0.05, 0.1) is 13.7 Å².